The summed E-state index contributed by atoms with van der Waals surface area (Å²) in [6, 6.07) is 10.9. The van der Waals surface area contributed by atoms with Gasteiger partial charge in [0.1, 0.15) is 5.75 Å². The minimum absolute atomic E-state index is 0.0485. The fourth-order valence-electron chi connectivity index (χ4n) is 4.31. The number of carbonyl (C=O) groups is 4. The highest BCUT2D eigenvalue weighted by Gasteiger charge is 2.42. The number of rotatable bonds is 3. The summed E-state index contributed by atoms with van der Waals surface area (Å²) in [6.07, 6.45) is 1.15. The zero-order valence-corrected chi connectivity index (χ0v) is 18.9. The van der Waals surface area contributed by atoms with Crippen LogP contribution in [0.2, 0.25) is 0 Å². The molecule has 0 aromatic heterocycles. The second-order valence-electron chi connectivity index (χ2n) is 9.43. The quantitative estimate of drug-likeness (QED) is 0.701. The largest absolute Gasteiger partial charge is 0.507 e. The summed E-state index contributed by atoms with van der Waals surface area (Å²) in [5.74, 6) is -1.35. The maximum atomic E-state index is 12.8. The number of nitrogens with zero attached hydrogens (tertiary/aromatic N) is 2. The third-order valence-corrected chi connectivity index (χ3v) is 6.07. The standard InChI is InChI=1S/C25H27N3O5/c1-25(2,3)28-23(32)17-9-8-15(14-19(17)24(28)33)21(30)26-16-10-12-27(13-11-16)22(31)18-6-4-5-7-20(18)29/h4-9,14,16,29H,10-13H2,1-3H3,(H,26,30). The molecule has 2 aromatic carbocycles. The molecule has 2 aromatic rings. The number of imide groups is 1. The Morgan fingerprint density at radius 2 is 1.61 bits per heavy atom. The van der Waals surface area contributed by atoms with E-state index in [2.05, 4.69) is 5.32 Å². The van der Waals surface area contributed by atoms with Crippen molar-refractivity contribution < 1.29 is 24.3 Å². The molecule has 0 unspecified atom stereocenters. The normalized spacial score (nSPS) is 16.7. The van der Waals surface area contributed by atoms with E-state index in [1.54, 1.807) is 49.9 Å². The van der Waals surface area contributed by atoms with E-state index in [4.69, 9.17) is 0 Å². The Bertz CT molecular complexity index is 1140. The minimum atomic E-state index is -0.655. The van der Waals surface area contributed by atoms with Gasteiger partial charge in [-0.05, 0) is 63.9 Å². The number of nitrogens with one attached hydrogen (secondary N) is 1. The molecule has 0 radical (unpaired) electrons. The van der Waals surface area contributed by atoms with Gasteiger partial charge in [-0.3, -0.25) is 24.1 Å². The molecule has 2 aliphatic heterocycles. The van der Waals surface area contributed by atoms with Gasteiger partial charge in [0.05, 0.1) is 16.7 Å². The monoisotopic (exact) mass is 449 g/mol. The van der Waals surface area contributed by atoms with E-state index in [-0.39, 0.29) is 40.6 Å². The van der Waals surface area contributed by atoms with Gasteiger partial charge in [0.15, 0.2) is 0 Å². The molecule has 172 valence electrons. The molecule has 2 heterocycles. The topological polar surface area (TPSA) is 107 Å². The van der Waals surface area contributed by atoms with E-state index in [0.717, 1.165) is 0 Å². The first kappa shape index (κ1) is 22.5. The van der Waals surface area contributed by atoms with Gasteiger partial charge in [0.25, 0.3) is 23.6 Å². The summed E-state index contributed by atoms with van der Waals surface area (Å²) in [5.41, 5.74) is 0.477. The van der Waals surface area contributed by atoms with Gasteiger partial charge in [-0.2, -0.15) is 0 Å². The number of piperidine rings is 1. The van der Waals surface area contributed by atoms with Crippen molar-refractivity contribution in [2.75, 3.05) is 13.1 Å². The zero-order chi connectivity index (χ0) is 23.9. The third kappa shape index (κ3) is 4.20. The first-order valence-corrected chi connectivity index (χ1v) is 11.0. The third-order valence-electron chi connectivity index (χ3n) is 6.07. The smallest absolute Gasteiger partial charge is 0.262 e. The van der Waals surface area contributed by atoms with Crippen molar-refractivity contribution in [2.45, 2.75) is 45.2 Å². The predicted octanol–water partition coefficient (Wildman–Crippen LogP) is 2.82. The van der Waals surface area contributed by atoms with E-state index < -0.39 is 11.4 Å². The molecule has 4 amide bonds. The average molecular weight is 450 g/mol. The Kier molecular flexibility index (Phi) is 5.69. The summed E-state index contributed by atoms with van der Waals surface area (Å²) in [4.78, 5) is 53.8. The van der Waals surface area contributed by atoms with Crippen molar-refractivity contribution in [2.24, 2.45) is 0 Å². The van der Waals surface area contributed by atoms with Crippen molar-refractivity contribution in [1.29, 1.82) is 0 Å². The van der Waals surface area contributed by atoms with E-state index in [0.29, 0.717) is 37.1 Å². The van der Waals surface area contributed by atoms with E-state index in [9.17, 15) is 24.3 Å². The fraction of sp³-hybridized carbons (Fsp3) is 0.360. The number of phenols is 1. The van der Waals surface area contributed by atoms with Gasteiger partial charge < -0.3 is 15.3 Å². The number of carbonyl (C=O) groups excluding carboxylic acids is 4. The van der Waals surface area contributed by atoms with Crippen LogP contribution in [0.15, 0.2) is 42.5 Å². The van der Waals surface area contributed by atoms with Crippen LogP contribution in [-0.4, -0.2) is 63.2 Å². The summed E-state index contributed by atoms with van der Waals surface area (Å²) in [5, 5.41) is 12.9. The summed E-state index contributed by atoms with van der Waals surface area (Å²) < 4.78 is 0. The Morgan fingerprint density at radius 3 is 2.24 bits per heavy atom. The number of likely N-dealkylation sites (tertiary alicyclic amines) is 1. The molecule has 2 N–H and O–H groups in total. The number of aromatic hydroxyl groups is 1. The molecule has 8 nitrogen and oxygen atoms in total. The van der Waals surface area contributed by atoms with Crippen LogP contribution in [0, 0.1) is 0 Å². The van der Waals surface area contributed by atoms with Crippen LogP contribution >= 0.6 is 0 Å². The van der Waals surface area contributed by atoms with Crippen LogP contribution in [0.4, 0.5) is 0 Å². The number of benzene rings is 2. The first-order valence-electron chi connectivity index (χ1n) is 11.0. The van der Waals surface area contributed by atoms with Crippen LogP contribution in [0.5, 0.6) is 5.75 Å². The van der Waals surface area contributed by atoms with E-state index >= 15 is 0 Å². The van der Waals surface area contributed by atoms with Crippen LogP contribution < -0.4 is 5.32 Å². The molecule has 0 spiro atoms. The Balaban J connectivity index is 1.39. The zero-order valence-electron chi connectivity index (χ0n) is 18.9. The molecule has 1 saturated heterocycles. The molecule has 8 heteroatoms. The lowest BCUT2D eigenvalue weighted by Gasteiger charge is -2.32. The molecular formula is C25H27N3O5. The number of para-hydroxylation sites is 1. The lowest BCUT2D eigenvalue weighted by molar-refractivity contribution is 0.0506. The van der Waals surface area contributed by atoms with Gasteiger partial charge in [0, 0.05) is 30.2 Å². The SMILES string of the molecule is CC(C)(C)N1C(=O)c2ccc(C(=O)NC3CCN(C(=O)c4ccccc4O)CC3)cc2C1=O. The van der Waals surface area contributed by atoms with Crippen LogP contribution in [0.3, 0.4) is 0 Å². The van der Waals surface area contributed by atoms with Crippen molar-refractivity contribution in [3.63, 3.8) is 0 Å². The molecule has 0 saturated carbocycles. The summed E-state index contributed by atoms with van der Waals surface area (Å²) >= 11 is 0. The molecule has 33 heavy (non-hydrogen) atoms. The number of hydrogen-bond donors (Lipinski definition) is 2. The van der Waals surface area contributed by atoms with Gasteiger partial charge in [0.2, 0.25) is 0 Å². The Labute approximate surface area is 192 Å². The summed E-state index contributed by atoms with van der Waals surface area (Å²) in [7, 11) is 0. The maximum Gasteiger partial charge on any atom is 0.262 e. The Hall–Kier alpha value is -3.68. The molecule has 0 bridgehead atoms. The van der Waals surface area contributed by atoms with Crippen molar-refractivity contribution in [3.05, 3.63) is 64.7 Å². The lowest BCUT2D eigenvalue weighted by atomic mass is 10.0. The molecule has 0 atom stereocenters. The second-order valence-corrected chi connectivity index (χ2v) is 9.43. The molecule has 2 aliphatic rings. The van der Waals surface area contributed by atoms with Crippen molar-refractivity contribution in [3.8, 4) is 5.75 Å². The van der Waals surface area contributed by atoms with Crippen LogP contribution in [-0.2, 0) is 0 Å². The van der Waals surface area contributed by atoms with Gasteiger partial charge in [-0.25, -0.2) is 0 Å². The fourth-order valence-corrected chi connectivity index (χ4v) is 4.31. The Morgan fingerprint density at radius 1 is 0.970 bits per heavy atom. The molecule has 1 fully saturated rings. The van der Waals surface area contributed by atoms with E-state index in [1.807, 2.05) is 0 Å². The molecular weight excluding hydrogens is 422 g/mol. The predicted molar refractivity (Wildman–Crippen MR) is 121 cm³/mol. The highest BCUT2D eigenvalue weighted by Crippen LogP contribution is 2.30. The number of phenolic OH excluding ortho intramolecular Hbond substituents is 1. The van der Waals surface area contributed by atoms with Crippen molar-refractivity contribution in [1.82, 2.24) is 15.1 Å². The number of amides is 4. The molecule has 4 rings (SSSR count). The molecule has 0 aliphatic carbocycles. The van der Waals surface area contributed by atoms with E-state index in [1.165, 1.54) is 23.1 Å². The van der Waals surface area contributed by atoms with Crippen LogP contribution in [0.25, 0.3) is 0 Å². The van der Waals surface area contributed by atoms with Crippen molar-refractivity contribution >= 4 is 23.6 Å². The maximum absolute atomic E-state index is 12.8. The second kappa shape index (κ2) is 8.35. The minimum Gasteiger partial charge on any atom is -0.507 e. The number of hydrogen-bond acceptors (Lipinski definition) is 5. The van der Waals surface area contributed by atoms with Gasteiger partial charge in [-0.15, -0.1) is 0 Å². The average Bonchev–Trinajstić information content (AvgIpc) is 3.04. The van der Waals surface area contributed by atoms with Gasteiger partial charge >= 0.3 is 0 Å². The van der Waals surface area contributed by atoms with Crippen LogP contribution in [0.1, 0.15) is 75.0 Å². The summed E-state index contributed by atoms with van der Waals surface area (Å²) in [6.45, 7) is 6.28. The van der Waals surface area contributed by atoms with Gasteiger partial charge in [-0.1, -0.05) is 12.1 Å². The highest BCUT2D eigenvalue weighted by molar-refractivity contribution is 6.22. The first-order chi connectivity index (χ1) is 15.6. The number of fused-ring (bicyclic) bond motifs is 1. The lowest BCUT2D eigenvalue weighted by Crippen LogP contribution is -2.46. The highest BCUT2D eigenvalue weighted by atomic mass is 16.3.